The molecule has 2 aromatic rings. The van der Waals surface area contributed by atoms with E-state index in [0.717, 1.165) is 10.0 Å². The molecule has 1 heterocycles. The zero-order valence-corrected chi connectivity index (χ0v) is 10.8. The summed E-state index contributed by atoms with van der Waals surface area (Å²) in [7, 11) is 0. The summed E-state index contributed by atoms with van der Waals surface area (Å²) in [6.45, 7) is 2.09. The van der Waals surface area contributed by atoms with Gasteiger partial charge in [0, 0.05) is 10.0 Å². The van der Waals surface area contributed by atoms with E-state index in [1.54, 1.807) is 19.2 Å². The quantitative estimate of drug-likeness (QED) is 0.853. The summed E-state index contributed by atoms with van der Waals surface area (Å²) in [4.78, 5) is 11.7. The minimum atomic E-state index is -0.465. The molecule has 2 rings (SSSR count). The SMILES string of the molecule is CCOC(=O)n1nccc1-c1cccc(Br)c1. The van der Waals surface area contributed by atoms with E-state index in [1.165, 1.54) is 4.68 Å². The summed E-state index contributed by atoms with van der Waals surface area (Å²) in [5, 5.41) is 3.97. The number of carbonyl (C=O) groups is 1. The van der Waals surface area contributed by atoms with E-state index >= 15 is 0 Å². The second kappa shape index (κ2) is 5.14. The molecule has 0 saturated carbocycles. The molecule has 0 spiro atoms. The van der Waals surface area contributed by atoms with E-state index in [0.29, 0.717) is 12.3 Å². The Kier molecular flexibility index (Phi) is 3.58. The minimum absolute atomic E-state index is 0.330. The van der Waals surface area contributed by atoms with E-state index in [1.807, 2.05) is 24.3 Å². The third-order valence-corrected chi connectivity index (χ3v) is 2.70. The van der Waals surface area contributed by atoms with Gasteiger partial charge >= 0.3 is 6.09 Å². The van der Waals surface area contributed by atoms with Crippen LogP contribution in [0.2, 0.25) is 0 Å². The first-order valence-electron chi connectivity index (χ1n) is 5.19. The van der Waals surface area contributed by atoms with Gasteiger partial charge in [-0.3, -0.25) is 0 Å². The van der Waals surface area contributed by atoms with Crippen molar-refractivity contribution in [3.8, 4) is 11.3 Å². The lowest BCUT2D eigenvalue weighted by molar-refractivity contribution is 0.151. The van der Waals surface area contributed by atoms with Gasteiger partial charge in [-0.25, -0.2) is 4.79 Å². The predicted molar refractivity (Wildman–Crippen MR) is 67.8 cm³/mol. The predicted octanol–water partition coefficient (Wildman–Crippen LogP) is 3.32. The third kappa shape index (κ3) is 2.55. The Morgan fingerprint density at radius 3 is 3.00 bits per heavy atom. The van der Waals surface area contributed by atoms with E-state index in [-0.39, 0.29) is 0 Å². The van der Waals surface area contributed by atoms with Crippen LogP contribution in [-0.2, 0) is 4.74 Å². The van der Waals surface area contributed by atoms with Crippen LogP contribution in [0.1, 0.15) is 6.92 Å². The molecule has 1 aromatic carbocycles. The highest BCUT2D eigenvalue weighted by molar-refractivity contribution is 9.10. The van der Waals surface area contributed by atoms with Crippen LogP contribution in [0.25, 0.3) is 11.3 Å². The molecule has 0 aliphatic carbocycles. The van der Waals surface area contributed by atoms with Crippen molar-refractivity contribution >= 4 is 22.0 Å². The fourth-order valence-electron chi connectivity index (χ4n) is 1.50. The zero-order valence-electron chi connectivity index (χ0n) is 9.26. The Bertz CT molecular complexity index is 537. The molecule has 0 aliphatic heterocycles. The van der Waals surface area contributed by atoms with Crippen molar-refractivity contribution in [2.45, 2.75) is 6.92 Å². The summed E-state index contributed by atoms with van der Waals surface area (Å²) >= 11 is 3.39. The standard InChI is InChI=1S/C12H11BrN2O2/c1-2-17-12(16)15-11(6-7-14-15)9-4-3-5-10(13)8-9/h3-8H,2H2,1H3. The molecule has 0 radical (unpaired) electrons. The fourth-order valence-corrected chi connectivity index (χ4v) is 1.90. The number of aromatic nitrogens is 2. The van der Waals surface area contributed by atoms with Gasteiger partial charge in [-0.1, -0.05) is 28.1 Å². The van der Waals surface area contributed by atoms with E-state index in [9.17, 15) is 4.79 Å². The second-order valence-electron chi connectivity index (χ2n) is 3.34. The number of carbonyl (C=O) groups excluding carboxylic acids is 1. The summed E-state index contributed by atoms with van der Waals surface area (Å²) in [5.41, 5.74) is 1.62. The number of halogens is 1. The van der Waals surface area contributed by atoms with Crippen molar-refractivity contribution < 1.29 is 9.53 Å². The fraction of sp³-hybridized carbons (Fsp3) is 0.167. The molecule has 0 atom stereocenters. The Morgan fingerprint density at radius 1 is 1.47 bits per heavy atom. The summed E-state index contributed by atoms with van der Waals surface area (Å²) in [6, 6.07) is 9.44. The van der Waals surface area contributed by atoms with Gasteiger partial charge in [0.1, 0.15) is 0 Å². The Balaban J connectivity index is 2.40. The number of hydrogen-bond donors (Lipinski definition) is 0. The first kappa shape index (κ1) is 11.9. The van der Waals surface area contributed by atoms with Crippen molar-refractivity contribution in [1.29, 1.82) is 0 Å². The maximum atomic E-state index is 11.7. The average molecular weight is 295 g/mol. The molecule has 1 aromatic heterocycles. The van der Waals surface area contributed by atoms with E-state index in [2.05, 4.69) is 21.0 Å². The van der Waals surface area contributed by atoms with Crippen LogP contribution in [0.3, 0.4) is 0 Å². The van der Waals surface area contributed by atoms with Gasteiger partial charge in [0.2, 0.25) is 0 Å². The lowest BCUT2D eigenvalue weighted by Gasteiger charge is -2.06. The highest BCUT2D eigenvalue weighted by Crippen LogP contribution is 2.22. The van der Waals surface area contributed by atoms with Crippen molar-refractivity contribution in [2.75, 3.05) is 6.61 Å². The molecule has 0 aliphatic rings. The smallest absolute Gasteiger partial charge is 0.435 e. The van der Waals surface area contributed by atoms with E-state index < -0.39 is 6.09 Å². The Labute approximate surface area is 107 Å². The molecule has 17 heavy (non-hydrogen) atoms. The van der Waals surface area contributed by atoms with Crippen molar-refractivity contribution in [3.05, 3.63) is 41.0 Å². The number of nitrogens with zero attached hydrogens (tertiary/aromatic N) is 2. The largest absolute Gasteiger partial charge is 0.448 e. The van der Waals surface area contributed by atoms with Crippen LogP contribution in [0.4, 0.5) is 4.79 Å². The number of benzene rings is 1. The van der Waals surface area contributed by atoms with Crippen LogP contribution in [-0.4, -0.2) is 22.5 Å². The summed E-state index contributed by atoms with van der Waals surface area (Å²) in [6.07, 6.45) is 1.11. The van der Waals surface area contributed by atoms with Crippen molar-refractivity contribution in [3.63, 3.8) is 0 Å². The van der Waals surface area contributed by atoms with Gasteiger partial charge in [-0.05, 0) is 25.1 Å². The highest BCUT2D eigenvalue weighted by atomic mass is 79.9. The first-order chi connectivity index (χ1) is 8.22. The van der Waals surface area contributed by atoms with Gasteiger partial charge in [-0.15, -0.1) is 0 Å². The maximum absolute atomic E-state index is 11.7. The molecule has 5 heteroatoms. The maximum Gasteiger partial charge on any atom is 0.435 e. The lowest BCUT2D eigenvalue weighted by Crippen LogP contribution is -2.15. The lowest BCUT2D eigenvalue weighted by atomic mass is 10.1. The Morgan fingerprint density at radius 2 is 2.29 bits per heavy atom. The molecule has 88 valence electrons. The number of ether oxygens (including phenoxy) is 1. The molecular formula is C12H11BrN2O2. The van der Waals surface area contributed by atoms with Gasteiger partial charge in [-0.2, -0.15) is 9.78 Å². The highest BCUT2D eigenvalue weighted by Gasteiger charge is 2.13. The van der Waals surface area contributed by atoms with Crippen LogP contribution in [0, 0.1) is 0 Å². The molecule has 0 N–H and O–H groups in total. The zero-order chi connectivity index (χ0) is 12.3. The molecule has 4 nitrogen and oxygen atoms in total. The molecule has 0 fully saturated rings. The number of hydrogen-bond acceptors (Lipinski definition) is 3. The topological polar surface area (TPSA) is 44.1 Å². The minimum Gasteiger partial charge on any atom is -0.448 e. The first-order valence-corrected chi connectivity index (χ1v) is 5.98. The molecule has 0 saturated heterocycles. The molecule has 0 bridgehead atoms. The van der Waals surface area contributed by atoms with Gasteiger partial charge in [0.15, 0.2) is 0 Å². The summed E-state index contributed by atoms with van der Waals surface area (Å²) < 4.78 is 7.13. The number of rotatable bonds is 2. The molecule has 0 amide bonds. The van der Waals surface area contributed by atoms with E-state index in [4.69, 9.17) is 4.74 Å². The van der Waals surface area contributed by atoms with Gasteiger partial charge < -0.3 is 4.74 Å². The van der Waals surface area contributed by atoms with Crippen molar-refractivity contribution in [2.24, 2.45) is 0 Å². The normalized spacial score (nSPS) is 10.2. The van der Waals surface area contributed by atoms with Crippen LogP contribution in [0.15, 0.2) is 41.0 Å². The van der Waals surface area contributed by atoms with Crippen LogP contribution in [0.5, 0.6) is 0 Å². The second-order valence-corrected chi connectivity index (χ2v) is 4.25. The van der Waals surface area contributed by atoms with Gasteiger partial charge in [0.05, 0.1) is 18.5 Å². The van der Waals surface area contributed by atoms with Crippen LogP contribution >= 0.6 is 15.9 Å². The van der Waals surface area contributed by atoms with Crippen molar-refractivity contribution in [1.82, 2.24) is 9.78 Å². The monoisotopic (exact) mass is 294 g/mol. The molecular weight excluding hydrogens is 284 g/mol. The molecule has 0 unspecified atom stereocenters. The third-order valence-electron chi connectivity index (χ3n) is 2.20. The summed E-state index contributed by atoms with van der Waals surface area (Å²) in [5.74, 6) is 0. The Hall–Kier alpha value is -1.62. The van der Waals surface area contributed by atoms with Crippen LogP contribution < -0.4 is 0 Å². The average Bonchev–Trinajstić information content (AvgIpc) is 2.78. The van der Waals surface area contributed by atoms with Gasteiger partial charge in [0.25, 0.3) is 0 Å².